The normalized spacial score (nSPS) is 14.9. The summed E-state index contributed by atoms with van der Waals surface area (Å²) in [7, 11) is 0. The smallest absolute Gasteiger partial charge is 0.269 e. The van der Waals surface area contributed by atoms with Gasteiger partial charge in [0.25, 0.3) is 11.5 Å². The van der Waals surface area contributed by atoms with Crippen molar-refractivity contribution in [3.63, 3.8) is 0 Å². The van der Waals surface area contributed by atoms with Gasteiger partial charge in [-0.05, 0) is 35.9 Å². The molecule has 0 saturated carbocycles. The van der Waals surface area contributed by atoms with Crippen molar-refractivity contribution >= 4 is 45.9 Å². The molecule has 1 saturated heterocycles. The first kappa shape index (κ1) is 22.0. The minimum absolute atomic E-state index is 0.0205. The summed E-state index contributed by atoms with van der Waals surface area (Å²) in [5, 5.41) is 0. The minimum Gasteiger partial charge on any atom is -0.435 e. The van der Waals surface area contributed by atoms with E-state index in [2.05, 4.69) is 4.98 Å². The van der Waals surface area contributed by atoms with Crippen LogP contribution in [0.4, 0.5) is 4.39 Å². The number of benzene rings is 2. The van der Waals surface area contributed by atoms with E-state index in [1.165, 1.54) is 33.6 Å². The third-order valence-corrected chi connectivity index (χ3v) is 6.49. The summed E-state index contributed by atoms with van der Waals surface area (Å²) in [4.78, 5) is 32.6. The fraction of sp³-hybridized carbons (Fsp3) is 0.0400. The van der Waals surface area contributed by atoms with Gasteiger partial charge in [0, 0.05) is 6.20 Å². The molecule has 1 amide bonds. The Kier molecular flexibility index (Phi) is 5.95. The van der Waals surface area contributed by atoms with Gasteiger partial charge in [-0.1, -0.05) is 72.5 Å². The van der Waals surface area contributed by atoms with Crippen LogP contribution in [0.5, 0.6) is 11.6 Å². The number of pyridine rings is 1. The zero-order valence-corrected chi connectivity index (χ0v) is 19.2. The summed E-state index contributed by atoms with van der Waals surface area (Å²) in [6, 6.07) is 20.4. The molecule has 1 fully saturated rings. The second-order valence-electron chi connectivity index (χ2n) is 7.35. The Hall–Kier alpha value is -3.82. The largest absolute Gasteiger partial charge is 0.435 e. The molecule has 9 heteroatoms. The van der Waals surface area contributed by atoms with Crippen molar-refractivity contribution in [2.24, 2.45) is 0 Å². The Bertz CT molecular complexity index is 1520. The van der Waals surface area contributed by atoms with Gasteiger partial charge in [0.15, 0.2) is 11.6 Å². The second kappa shape index (κ2) is 9.20. The van der Waals surface area contributed by atoms with E-state index in [-0.39, 0.29) is 28.0 Å². The van der Waals surface area contributed by atoms with Crippen LogP contribution in [0.1, 0.15) is 11.1 Å². The Morgan fingerprint density at radius 3 is 2.53 bits per heavy atom. The molecule has 0 bridgehead atoms. The van der Waals surface area contributed by atoms with Gasteiger partial charge in [-0.15, -0.1) is 0 Å². The summed E-state index contributed by atoms with van der Waals surface area (Å²) in [5.74, 6) is -1.11. The highest BCUT2D eigenvalue weighted by atomic mass is 32.2. The van der Waals surface area contributed by atoms with Crippen LogP contribution in [-0.2, 0) is 11.3 Å². The first-order valence-electron chi connectivity index (χ1n) is 10.2. The summed E-state index contributed by atoms with van der Waals surface area (Å²) < 4.78 is 21.7. The van der Waals surface area contributed by atoms with Crippen molar-refractivity contribution < 1.29 is 13.9 Å². The first-order valence-corrected chi connectivity index (χ1v) is 11.5. The Labute approximate surface area is 203 Å². The standard InChI is InChI=1S/C25H16FN3O3S2/c26-18-10-4-5-11-19(18)32-22-17(23(30)28-13-7-6-12-21(28)27-22)14-20-24(31)29(25(33)34-20)15-16-8-2-1-3-9-16/h1-14H,15H2/b20-14+. The first-order chi connectivity index (χ1) is 16.5. The van der Waals surface area contributed by atoms with E-state index in [4.69, 9.17) is 17.0 Å². The number of hydrogen-bond donors (Lipinski definition) is 0. The summed E-state index contributed by atoms with van der Waals surface area (Å²) in [6.45, 7) is 0.316. The van der Waals surface area contributed by atoms with Crippen molar-refractivity contribution in [2.75, 3.05) is 0 Å². The molecule has 0 atom stereocenters. The highest BCUT2D eigenvalue weighted by molar-refractivity contribution is 8.26. The second-order valence-corrected chi connectivity index (χ2v) is 9.03. The molecule has 2 aromatic heterocycles. The van der Waals surface area contributed by atoms with Gasteiger partial charge in [0.1, 0.15) is 15.5 Å². The molecule has 0 unspecified atom stereocenters. The van der Waals surface area contributed by atoms with E-state index in [0.717, 1.165) is 17.3 Å². The lowest BCUT2D eigenvalue weighted by Crippen LogP contribution is -2.27. The Morgan fingerprint density at radius 1 is 1.00 bits per heavy atom. The summed E-state index contributed by atoms with van der Waals surface area (Å²) >= 11 is 6.51. The molecule has 0 aliphatic carbocycles. The number of para-hydroxylation sites is 1. The maximum absolute atomic E-state index is 14.3. The number of halogens is 1. The molecule has 0 radical (unpaired) electrons. The molecule has 3 heterocycles. The zero-order valence-electron chi connectivity index (χ0n) is 17.6. The van der Waals surface area contributed by atoms with Gasteiger partial charge in [0.2, 0.25) is 5.88 Å². The maximum Gasteiger partial charge on any atom is 0.269 e. The fourth-order valence-corrected chi connectivity index (χ4v) is 4.69. The van der Waals surface area contributed by atoms with Gasteiger partial charge < -0.3 is 4.74 Å². The van der Waals surface area contributed by atoms with Gasteiger partial charge >= 0.3 is 0 Å². The van der Waals surface area contributed by atoms with Crippen molar-refractivity contribution in [1.29, 1.82) is 0 Å². The molecule has 2 aromatic carbocycles. The monoisotopic (exact) mass is 489 g/mol. The Morgan fingerprint density at radius 2 is 1.74 bits per heavy atom. The molecule has 0 spiro atoms. The number of carbonyl (C=O) groups excluding carboxylic acids is 1. The minimum atomic E-state index is -0.599. The molecule has 5 rings (SSSR count). The van der Waals surface area contributed by atoms with E-state index in [1.807, 2.05) is 30.3 Å². The van der Waals surface area contributed by atoms with E-state index < -0.39 is 11.4 Å². The van der Waals surface area contributed by atoms with Crippen molar-refractivity contribution in [1.82, 2.24) is 14.3 Å². The lowest BCUT2D eigenvalue weighted by Gasteiger charge is -2.14. The van der Waals surface area contributed by atoms with Crippen LogP contribution in [-0.4, -0.2) is 24.5 Å². The molecule has 34 heavy (non-hydrogen) atoms. The van der Waals surface area contributed by atoms with E-state index >= 15 is 0 Å². The fourth-order valence-electron chi connectivity index (χ4n) is 3.45. The predicted molar refractivity (Wildman–Crippen MR) is 133 cm³/mol. The lowest BCUT2D eigenvalue weighted by atomic mass is 10.2. The molecule has 1 aliphatic heterocycles. The highest BCUT2D eigenvalue weighted by Crippen LogP contribution is 2.35. The van der Waals surface area contributed by atoms with E-state index in [0.29, 0.717) is 16.5 Å². The number of carbonyl (C=O) groups is 1. The number of ether oxygens (including phenoxy) is 1. The Balaban J connectivity index is 1.58. The van der Waals surface area contributed by atoms with Crippen molar-refractivity contribution in [3.8, 4) is 11.6 Å². The average Bonchev–Trinajstić information content (AvgIpc) is 3.11. The number of rotatable bonds is 5. The number of amides is 1. The lowest BCUT2D eigenvalue weighted by molar-refractivity contribution is -0.122. The van der Waals surface area contributed by atoms with E-state index in [9.17, 15) is 14.0 Å². The third kappa shape index (κ3) is 4.23. The van der Waals surface area contributed by atoms with Gasteiger partial charge in [-0.25, -0.2) is 4.39 Å². The van der Waals surface area contributed by atoms with Crippen LogP contribution >= 0.6 is 24.0 Å². The molecule has 4 aromatic rings. The molecular weight excluding hydrogens is 473 g/mol. The van der Waals surface area contributed by atoms with Crippen LogP contribution < -0.4 is 10.3 Å². The predicted octanol–water partition coefficient (Wildman–Crippen LogP) is 5.03. The summed E-state index contributed by atoms with van der Waals surface area (Å²) in [6.07, 6.45) is 2.98. The molecule has 0 N–H and O–H groups in total. The van der Waals surface area contributed by atoms with Gasteiger partial charge in [0.05, 0.1) is 11.4 Å². The number of thiocarbonyl (C=S) groups is 1. The quantitative estimate of drug-likeness (QED) is 0.290. The van der Waals surface area contributed by atoms with Crippen LogP contribution in [0.3, 0.4) is 0 Å². The average molecular weight is 490 g/mol. The molecule has 1 aliphatic rings. The van der Waals surface area contributed by atoms with Crippen LogP contribution in [0, 0.1) is 5.82 Å². The van der Waals surface area contributed by atoms with Crippen molar-refractivity contribution in [3.05, 3.63) is 111 Å². The van der Waals surface area contributed by atoms with Crippen LogP contribution in [0.15, 0.2) is 88.7 Å². The number of fused-ring (bicyclic) bond motifs is 1. The molecule has 168 valence electrons. The number of hydrogen-bond acceptors (Lipinski definition) is 6. The highest BCUT2D eigenvalue weighted by Gasteiger charge is 2.33. The zero-order chi connectivity index (χ0) is 23.7. The summed E-state index contributed by atoms with van der Waals surface area (Å²) in [5.41, 5.74) is 0.820. The number of aromatic nitrogens is 2. The van der Waals surface area contributed by atoms with Crippen LogP contribution in [0.2, 0.25) is 0 Å². The van der Waals surface area contributed by atoms with Gasteiger partial charge in [-0.3, -0.25) is 18.9 Å². The van der Waals surface area contributed by atoms with Crippen molar-refractivity contribution in [2.45, 2.75) is 6.54 Å². The van der Waals surface area contributed by atoms with Gasteiger partial charge in [-0.2, -0.15) is 4.98 Å². The maximum atomic E-state index is 14.3. The SMILES string of the molecule is O=C1/C(=C\c2c(Oc3ccccc3F)nc3ccccn3c2=O)SC(=S)N1Cc1ccccc1. The molecule has 6 nitrogen and oxygen atoms in total. The topological polar surface area (TPSA) is 63.9 Å². The number of nitrogens with zero attached hydrogens (tertiary/aromatic N) is 3. The third-order valence-electron chi connectivity index (χ3n) is 5.11. The van der Waals surface area contributed by atoms with Crippen LogP contribution in [0.25, 0.3) is 11.7 Å². The number of thioether (sulfide) groups is 1. The van der Waals surface area contributed by atoms with E-state index in [1.54, 1.807) is 30.5 Å². The molecular formula is C25H16FN3O3S2.